The predicted molar refractivity (Wildman–Crippen MR) is 41.4 cm³/mol. The molecule has 1 heterocycles. The molecule has 48 valence electrons. The number of pyridine rings is 1. The van der Waals surface area contributed by atoms with E-state index in [9.17, 15) is 0 Å². The van der Waals surface area contributed by atoms with Gasteiger partial charge in [0.2, 0.25) is 0 Å². The Balaban J connectivity index is 0. The van der Waals surface area contributed by atoms with E-state index in [0.717, 1.165) is 0 Å². The molecular formula is C7H8ClN. The van der Waals surface area contributed by atoms with E-state index < -0.39 is 0 Å². The van der Waals surface area contributed by atoms with Crippen molar-refractivity contribution in [3.05, 3.63) is 30.6 Å². The molecule has 1 aromatic heterocycles. The quantitative estimate of drug-likeness (QED) is 0.502. The zero-order valence-corrected chi connectivity index (χ0v) is 5.71. The zero-order valence-electron chi connectivity index (χ0n) is 4.90. The highest BCUT2D eigenvalue weighted by atomic mass is 35.5. The van der Waals surface area contributed by atoms with Gasteiger partial charge in [-0.05, 0) is 12.1 Å². The lowest BCUT2D eigenvalue weighted by atomic mass is 10.5. The van der Waals surface area contributed by atoms with E-state index in [2.05, 4.69) is 17.8 Å². The third-order valence-corrected chi connectivity index (χ3v) is 0.566. The molecule has 0 N–H and O–H groups in total. The van der Waals surface area contributed by atoms with Crippen LogP contribution < -0.4 is 0 Å². The minimum absolute atomic E-state index is 0. The van der Waals surface area contributed by atoms with Gasteiger partial charge in [0, 0.05) is 12.4 Å². The second-order valence-electron chi connectivity index (χ2n) is 1.02. The summed E-state index contributed by atoms with van der Waals surface area (Å²) >= 11 is 0. The number of rotatable bonds is 0. The molecule has 0 aliphatic heterocycles. The average molecular weight is 142 g/mol. The highest BCUT2D eigenvalue weighted by Crippen LogP contribution is 1.73. The Morgan fingerprint density at radius 3 is 1.44 bits per heavy atom. The van der Waals surface area contributed by atoms with Crippen LogP contribution >= 0.6 is 12.4 Å². The molecule has 1 aromatic rings. The van der Waals surface area contributed by atoms with Crippen molar-refractivity contribution in [1.82, 2.24) is 4.98 Å². The van der Waals surface area contributed by atoms with Crippen LogP contribution in [0.25, 0.3) is 0 Å². The number of aromatic nitrogens is 1. The van der Waals surface area contributed by atoms with Gasteiger partial charge in [-0.3, -0.25) is 4.98 Å². The summed E-state index contributed by atoms with van der Waals surface area (Å²) in [4.78, 5) is 3.78. The molecule has 0 radical (unpaired) electrons. The number of hydrogen-bond acceptors (Lipinski definition) is 1. The molecule has 1 nitrogen and oxygen atoms in total. The Bertz CT molecular complexity index is 109. The van der Waals surface area contributed by atoms with E-state index in [4.69, 9.17) is 0 Å². The van der Waals surface area contributed by atoms with Crippen LogP contribution in [0, 0.1) is 12.8 Å². The third kappa shape index (κ3) is 7.00. The summed E-state index contributed by atoms with van der Waals surface area (Å²) in [7, 11) is 0. The smallest absolute Gasteiger partial charge is 0.0267 e. The first-order valence-electron chi connectivity index (χ1n) is 2.18. The van der Waals surface area contributed by atoms with Gasteiger partial charge < -0.3 is 0 Å². The highest BCUT2D eigenvalue weighted by Gasteiger charge is 1.58. The molecule has 0 spiro atoms. The average Bonchev–Trinajstić information content (AvgIpc) is 1.96. The van der Waals surface area contributed by atoms with E-state index in [0.29, 0.717) is 0 Å². The van der Waals surface area contributed by atoms with Gasteiger partial charge in [0.05, 0.1) is 0 Å². The molecule has 0 aliphatic rings. The first kappa shape index (κ1) is 10.9. The summed E-state index contributed by atoms with van der Waals surface area (Å²) in [6.07, 6.45) is 11.5. The SMILES string of the molecule is C#C.Cl.c1ccncc1. The third-order valence-electron chi connectivity index (χ3n) is 0.566. The highest BCUT2D eigenvalue weighted by molar-refractivity contribution is 5.85. The topological polar surface area (TPSA) is 12.9 Å². The molecule has 0 aromatic carbocycles. The maximum Gasteiger partial charge on any atom is 0.0267 e. The second-order valence-corrected chi connectivity index (χ2v) is 1.02. The molecule has 0 saturated carbocycles. The lowest BCUT2D eigenvalue weighted by Gasteiger charge is -1.70. The summed E-state index contributed by atoms with van der Waals surface area (Å²) in [5.41, 5.74) is 0. The van der Waals surface area contributed by atoms with Crippen molar-refractivity contribution >= 4 is 12.4 Å². The minimum Gasteiger partial charge on any atom is -0.265 e. The first-order valence-corrected chi connectivity index (χ1v) is 2.18. The van der Waals surface area contributed by atoms with Crippen molar-refractivity contribution in [2.45, 2.75) is 0 Å². The fourth-order valence-electron chi connectivity index (χ4n) is 0.313. The van der Waals surface area contributed by atoms with E-state index in [1.807, 2.05) is 18.2 Å². The molecule has 0 fully saturated rings. The maximum absolute atomic E-state index is 4.00. The van der Waals surface area contributed by atoms with Gasteiger partial charge in [0.15, 0.2) is 0 Å². The van der Waals surface area contributed by atoms with Crippen LogP contribution in [0.2, 0.25) is 0 Å². The van der Waals surface area contributed by atoms with Crippen LogP contribution in [0.5, 0.6) is 0 Å². The van der Waals surface area contributed by atoms with E-state index >= 15 is 0 Å². The summed E-state index contributed by atoms with van der Waals surface area (Å²) in [5, 5.41) is 0. The molecule has 0 amide bonds. The number of nitrogens with zero attached hydrogens (tertiary/aromatic N) is 1. The summed E-state index contributed by atoms with van der Waals surface area (Å²) in [5.74, 6) is 0. The normalized spacial score (nSPS) is 5.56. The van der Waals surface area contributed by atoms with Crippen LogP contribution in [0.15, 0.2) is 30.6 Å². The number of hydrogen-bond donors (Lipinski definition) is 0. The van der Waals surface area contributed by atoms with E-state index in [1.165, 1.54) is 0 Å². The molecule has 1 rings (SSSR count). The molecule has 0 saturated heterocycles. The van der Waals surface area contributed by atoms with Gasteiger partial charge in [-0.15, -0.1) is 25.3 Å². The molecule has 0 bridgehead atoms. The van der Waals surface area contributed by atoms with Crippen molar-refractivity contribution in [3.63, 3.8) is 0 Å². The largest absolute Gasteiger partial charge is 0.265 e. The summed E-state index contributed by atoms with van der Waals surface area (Å²) < 4.78 is 0. The predicted octanol–water partition coefficient (Wildman–Crippen LogP) is 1.75. The van der Waals surface area contributed by atoms with E-state index in [1.54, 1.807) is 12.4 Å². The Morgan fingerprint density at radius 2 is 1.33 bits per heavy atom. The lowest BCUT2D eigenvalue weighted by Crippen LogP contribution is -1.58. The number of terminal acetylenes is 1. The van der Waals surface area contributed by atoms with Gasteiger partial charge in [0.25, 0.3) is 0 Å². The first-order chi connectivity index (χ1) is 4.00. The maximum atomic E-state index is 4.00. The Kier molecular flexibility index (Phi) is 12.2. The van der Waals surface area contributed by atoms with Crippen molar-refractivity contribution in [3.8, 4) is 12.8 Å². The van der Waals surface area contributed by atoms with Gasteiger partial charge in [-0.25, -0.2) is 0 Å². The standard InChI is InChI=1S/C5H5N.C2H2.ClH/c1-2-4-6-5-3-1;1-2;/h1-5H;1-2H;1H. The van der Waals surface area contributed by atoms with Crippen molar-refractivity contribution in [1.29, 1.82) is 0 Å². The van der Waals surface area contributed by atoms with Gasteiger partial charge >= 0.3 is 0 Å². The van der Waals surface area contributed by atoms with Crippen LogP contribution in [0.3, 0.4) is 0 Å². The monoisotopic (exact) mass is 141 g/mol. The van der Waals surface area contributed by atoms with Crippen LogP contribution in [0.4, 0.5) is 0 Å². The molecule has 2 heteroatoms. The van der Waals surface area contributed by atoms with Crippen LogP contribution in [0.1, 0.15) is 0 Å². The molecule has 0 atom stereocenters. The van der Waals surface area contributed by atoms with Crippen LogP contribution in [-0.2, 0) is 0 Å². The molecule has 0 unspecified atom stereocenters. The minimum atomic E-state index is 0. The second kappa shape index (κ2) is 10.1. The van der Waals surface area contributed by atoms with Crippen molar-refractivity contribution < 1.29 is 0 Å². The Hall–Kier alpha value is -1.00. The zero-order chi connectivity index (χ0) is 6.24. The molecule has 0 aliphatic carbocycles. The van der Waals surface area contributed by atoms with Crippen LogP contribution in [-0.4, -0.2) is 4.98 Å². The van der Waals surface area contributed by atoms with Gasteiger partial charge in [0.1, 0.15) is 0 Å². The van der Waals surface area contributed by atoms with E-state index in [-0.39, 0.29) is 12.4 Å². The van der Waals surface area contributed by atoms with Gasteiger partial charge in [-0.2, -0.15) is 0 Å². The molecule has 9 heavy (non-hydrogen) atoms. The molecular weight excluding hydrogens is 134 g/mol. The van der Waals surface area contributed by atoms with Gasteiger partial charge in [-0.1, -0.05) is 6.07 Å². The lowest BCUT2D eigenvalue weighted by molar-refractivity contribution is 1.33. The Morgan fingerprint density at radius 1 is 0.889 bits per heavy atom. The number of halogens is 1. The fourth-order valence-corrected chi connectivity index (χ4v) is 0.313. The van der Waals surface area contributed by atoms with Crippen molar-refractivity contribution in [2.24, 2.45) is 0 Å². The van der Waals surface area contributed by atoms with Crippen molar-refractivity contribution in [2.75, 3.05) is 0 Å². The Labute approximate surface area is 61.5 Å². The summed E-state index contributed by atoms with van der Waals surface area (Å²) in [6.45, 7) is 0. The fraction of sp³-hybridized carbons (Fsp3) is 0. The summed E-state index contributed by atoms with van der Waals surface area (Å²) in [6, 6.07) is 5.72.